The van der Waals surface area contributed by atoms with Crippen LogP contribution in [0.4, 0.5) is 0 Å². The van der Waals surface area contributed by atoms with Gasteiger partial charge >= 0.3 is 0 Å². The molecular formula is C5H10N2S. The molecule has 1 atom stereocenters. The molecule has 0 aromatic rings. The molecule has 1 N–H and O–H groups in total. The number of nitrogens with zero attached hydrogens (tertiary/aromatic N) is 1. The van der Waals surface area contributed by atoms with Gasteiger partial charge in [0.05, 0.1) is 5.25 Å². The van der Waals surface area contributed by atoms with E-state index in [9.17, 15) is 0 Å². The third-order valence-corrected chi connectivity index (χ3v) is 1.97. The zero-order valence-corrected chi connectivity index (χ0v) is 5.78. The number of hydrogen-bond acceptors (Lipinski definition) is 2. The van der Waals surface area contributed by atoms with Gasteiger partial charge in [0.1, 0.15) is 5.84 Å². The summed E-state index contributed by atoms with van der Waals surface area (Å²) in [5.41, 5.74) is 0. The molecule has 0 amide bonds. The summed E-state index contributed by atoms with van der Waals surface area (Å²) in [5, 5.41) is 7.50. The third kappa shape index (κ3) is 0.823. The highest BCUT2D eigenvalue weighted by Crippen LogP contribution is 2.13. The third-order valence-electron chi connectivity index (χ3n) is 1.46. The van der Waals surface area contributed by atoms with Gasteiger partial charge in [0.2, 0.25) is 0 Å². The minimum atomic E-state index is 0.194. The second-order valence-corrected chi connectivity index (χ2v) is 2.73. The van der Waals surface area contributed by atoms with Crippen molar-refractivity contribution in [3.05, 3.63) is 0 Å². The van der Waals surface area contributed by atoms with Crippen molar-refractivity contribution >= 4 is 18.5 Å². The Bertz CT molecular complexity index is 101. The molecule has 0 radical (unpaired) electrons. The summed E-state index contributed by atoms with van der Waals surface area (Å²) in [6.07, 6.45) is 1.03. The van der Waals surface area contributed by atoms with Crippen LogP contribution < -0.4 is 0 Å². The smallest absolute Gasteiger partial charge is 0.109 e. The van der Waals surface area contributed by atoms with Crippen LogP contribution in [0.2, 0.25) is 0 Å². The first-order chi connectivity index (χ1) is 3.72. The van der Waals surface area contributed by atoms with E-state index in [-0.39, 0.29) is 5.25 Å². The van der Waals surface area contributed by atoms with Crippen molar-refractivity contribution in [1.82, 2.24) is 4.90 Å². The average molecular weight is 130 g/mol. The Kier molecular flexibility index (Phi) is 1.47. The van der Waals surface area contributed by atoms with Crippen LogP contribution in [-0.4, -0.2) is 29.6 Å². The van der Waals surface area contributed by atoms with Gasteiger partial charge in [0, 0.05) is 13.6 Å². The Balaban J connectivity index is 2.57. The molecule has 0 saturated carbocycles. The average Bonchev–Trinajstić information content (AvgIpc) is 1.98. The predicted octanol–water partition coefficient (Wildman–Crippen LogP) is 0.598. The molecular weight excluding hydrogens is 120 g/mol. The molecule has 1 rings (SSSR count). The lowest BCUT2D eigenvalue weighted by atomic mass is 10.4. The minimum absolute atomic E-state index is 0.194. The monoisotopic (exact) mass is 130 g/mol. The maximum Gasteiger partial charge on any atom is 0.109 e. The van der Waals surface area contributed by atoms with Crippen molar-refractivity contribution in [3.8, 4) is 0 Å². The zero-order valence-electron chi connectivity index (χ0n) is 4.89. The van der Waals surface area contributed by atoms with Crippen LogP contribution in [0, 0.1) is 5.41 Å². The van der Waals surface area contributed by atoms with Crippen LogP contribution in [0.15, 0.2) is 0 Å². The number of thiol groups is 1. The standard InChI is InChI=1S/C5H10N2S/c1-7-3-2-4(8)5(7)6/h4,6,8H,2-3H2,1H3/t4-/m1/s1. The highest BCUT2D eigenvalue weighted by atomic mass is 32.1. The fourth-order valence-electron chi connectivity index (χ4n) is 0.828. The van der Waals surface area contributed by atoms with Gasteiger partial charge in [-0.15, -0.1) is 0 Å². The quantitative estimate of drug-likeness (QED) is 0.461. The molecule has 3 heteroatoms. The van der Waals surface area contributed by atoms with Crippen molar-refractivity contribution in [2.45, 2.75) is 11.7 Å². The molecule has 2 nitrogen and oxygen atoms in total. The molecule has 0 aromatic carbocycles. The van der Waals surface area contributed by atoms with E-state index in [4.69, 9.17) is 5.41 Å². The lowest BCUT2D eigenvalue weighted by Crippen LogP contribution is -2.21. The van der Waals surface area contributed by atoms with E-state index in [2.05, 4.69) is 12.6 Å². The molecule has 1 heterocycles. The largest absolute Gasteiger partial charge is 0.363 e. The van der Waals surface area contributed by atoms with Gasteiger partial charge in [0.15, 0.2) is 0 Å². The molecule has 1 fully saturated rings. The van der Waals surface area contributed by atoms with Crippen molar-refractivity contribution in [2.24, 2.45) is 0 Å². The van der Waals surface area contributed by atoms with E-state index in [1.165, 1.54) is 0 Å². The minimum Gasteiger partial charge on any atom is -0.363 e. The van der Waals surface area contributed by atoms with E-state index in [1.807, 2.05) is 11.9 Å². The molecule has 1 saturated heterocycles. The van der Waals surface area contributed by atoms with E-state index in [1.54, 1.807) is 0 Å². The van der Waals surface area contributed by atoms with Gasteiger partial charge in [-0.25, -0.2) is 0 Å². The molecule has 8 heavy (non-hydrogen) atoms. The first kappa shape index (κ1) is 5.95. The summed E-state index contributed by atoms with van der Waals surface area (Å²) in [4.78, 5) is 1.93. The highest BCUT2D eigenvalue weighted by Gasteiger charge is 2.21. The fourth-order valence-corrected chi connectivity index (χ4v) is 1.14. The molecule has 46 valence electrons. The van der Waals surface area contributed by atoms with Gasteiger partial charge in [-0.1, -0.05) is 0 Å². The van der Waals surface area contributed by atoms with Crippen LogP contribution in [-0.2, 0) is 0 Å². The van der Waals surface area contributed by atoms with E-state index in [0.29, 0.717) is 5.84 Å². The molecule has 0 spiro atoms. The number of nitrogens with one attached hydrogen (secondary N) is 1. The van der Waals surface area contributed by atoms with E-state index >= 15 is 0 Å². The van der Waals surface area contributed by atoms with Gasteiger partial charge in [-0.2, -0.15) is 12.6 Å². The van der Waals surface area contributed by atoms with Gasteiger partial charge in [0.25, 0.3) is 0 Å². The SMILES string of the molecule is CN1CC[C@@H](S)C1=N. The lowest BCUT2D eigenvalue weighted by molar-refractivity contribution is 0.547. The summed E-state index contributed by atoms with van der Waals surface area (Å²) in [5.74, 6) is 0.660. The summed E-state index contributed by atoms with van der Waals surface area (Å²) in [6, 6.07) is 0. The Morgan fingerprint density at radius 3 is 2.62 bits per heavy atom. The van der Waals surface area contributed by atoms with Crippen molar-refractivity contribution < 1.29 is 0 Å². The normalized spacial score (nSPS) is 29.5. The highest BCUT2D eigenvalue weighted by molar-refractivity contribution is 7.81. The van der Waals surface area contributed by atoms with Crippen molar-refractivity contribution in [1.29, 1.82) is 5.41 Å². The van der Waals surface area contributed by atoms with E-state index < -0.39 is 0 Å². The van der Waals surface area contributed by atoms with Crippen LogP contribution >= 0.6 is 12.6 Å². The summed E-state index contributed by atoms with van der Waals surface area (Å²) in [7, 11) is 1.93. The Morgan fingerprint density at radius 1 is 1.88 bits per heavy atom. The van der Waals surface area contributed by atoms with Gasteiger partial charge in [-0.05, 0) is 6.42 Å². The Labute approximate surface area is 54.8 Å². The summed E-state index contributed by atoms with van der Waals surface area (Å²) >= 11 is 4.18. The van der Waals surface area contributed by atoms with Crippen LogP contribution in [0.1, 0.15) is 6.42 Å². The Morgan fingerprint density at radius 2 is 2.50 bits per heavy atom. The van der Waals surface area contributed by atoms with E-state index in [0.717, 1.165) is 13.0 Å². The summed E-state index contributed by atoms with van der Waals surface area (Å²) in [6.45, 7) is 0.993. The predicted molar refractivity (Wildman–Crippen MR) is 37.7 cm³/mol. The molecule has 1 aliphatic heterocycles. The molecule has 0 aliphatic carbocycles. The van der Waals surface area contributed by atoms with Crippen LogP contribution in [0.5, 0.6) is 0 Å². The molecule has 1 aliphatic rings. The second kappa shape index (κ2) is 1.97. The number of hydrogen-bond donors (Lipinski definition) is 2. The van der Waals surface area contributed by atoms with Gasteiger partial charge in [-0.3, -0.25) is 5.41 Å². The molecule has 0 unspecified atom stereocenters. The van der Waals surface area contributed by atoms with Crippen molar-refractivity contribution in [3.63, 3.8) is 0 Å². The van der Waals surface area contributed by atoms with Crippen molar-refractivity contribution in [2.75, 3.05) is 13.6 Å². The number of likely N-dealkylation sites (tertiary alicyclic amines) is 1. The second-order valence-electron chi connectivity index (χ2n) is 2.11. The topological polar surface area (TPSA) is 27.1 Å². The number of amidine groups is 1. The van der Waals surface area contributed by atoms with Crippen LogP contribution in [0.3, 0.4) is 0 Å². The zero-order chi connectivity index (χ0) is 6.15. The Hall–Kier alpha value is -0.180. The fraction of sp³-hybridized carbons (Fsp3) is 0.800. The molecule has 0 bridgehead atoms. The molecule has 0 aromatic heterocycles. The number of rotatable bonds is 0. The van der Waals surface area contributed by atoms with Gasteiger partial charge < -0.3 is 4.90 Å². The first-order valence-electron chi connectivity index (χ1n) is 2.69. The maximum atomic E-state index is 7.31. The first-order valence-corrected chi connectivity index (χ1v) is 3.21. The maximum absolute atomic E-state index is 7.31. The lowest BCUT2D eigenvalue weighted by Gasteiger charge is -2.08. The summed E-state index contributed by atoms with van der Waals surface area (Å²) < 4.78 is 0. The van der Waals surface area contributed by atoms with Crippen LogP contribution in [0.25, 0.3) is 0 Å².